The summed E-state index contributed by atoms with van der Waals surface area (Å²) >= 11 is 7.62. The maximum atomic E-state index is 9.24. The molecule has 1 nitrogen and oxygen atoms in total. The first-order chi connectivity index (χ1) is 7.20. The van der Waals surface area contributed by atoms with Gasteiger partial charge in [-0.25, -0.2) is 0 Å². The highest BCUT2D eigenvalue weighted by Gasteiger charge is 2.07. The van der Waals surface area contributed by atoms with Crippen LogP contribution < -0.4 is 0 Å². The maximum absolute atomic E-state index is 9.24. The van der Waals surface area contributed by atoms with E-state index in [0.29, 0.717) is 5.02 Å². The minimum absolute atomic E-state index is 0.0451. The van der Waals surface area contributed by atoms with Gasteiger partial charge in [0, 0.05) is 9.90 Å². The second kappa shape index (κ2) is 4.35. The van der Waals surface area contributed by atoms with Crippen LogP contribution >= 0.6 is 22.9 Å². The van der Waals surface area contributed by atoms with Crippen LogP contribution in [0.2, 0.25) is 5.02 Å². The van der Waals surface area contributed by atoms with E-state index in [1.165, 1.54) is 5.56 Å². The van der Waals surface area contributed by atoms with E-state index in [9.17, 15) is 5.11 Å². The summed E-state index contributed by atoms with van der Waals surface area (Å²) in [6, 6.07) is 7.68. The van der Waals surface area contributed by atoms with Crippen LogP contribution in [0.25, 0.3) is 10.4 Å². The van der Waals surface area contributed by atoms with E-state index in [0.717, 1.165) is 16.0 Å². The highest BCUT2D eigenvalue weighted by Crippen LogP contribution is 2.31. The molecule has 0 aliphatic carbocycles. The van der Waals surface area contributed by atoms with Crippen molar-refractivity contribution in [1.82, 2.24) is 0 Å². The number of aliphatic hydroxyl groups excluding tert-OH is 1. The van der Waals surface area contributed by atoms with Gasteiger partial charge in [-0.2, -0.15) is 0 Å². The molecule has 15 heavy (non-hydrogen) atoms. The highest BCUT2D eigenvalue weighted by molar-refractivity contribution is 7.13. The predicted molar refractivity (Wildman–Crippen MR) is 65.4 cm³/mol. The third-order valence-electron chi connectivity index (χ3n) is 2.24. The van der Waals surface area contributed by atoms with Crippen LogP contribution in [-0.2, 0) is 6.61 Å². The molecule has 0 saturated heterocycles. The lowest BCUT2D eigenvalue weighted by molar-refractivity contribution is 0.282. The van der Waals surface area contributed by atoms with Crippen molar-refractivity contribution in [2.24, 2.45) is 0 Å². The van der Waals surface area contributed by atoms with Gasteiger partial charge in [0.15, 0.2) is 0 Å². The zero-order valence-electron chi connectivity index (χ0n) is 8.33. The van der Waals surface area contributed by atoms with Crippen LogP contribution in [0.15, 0.2) is 29.6 Å². The molecule has 0 aliphatic rings. The molecule has 0 atom stereocenters. The number of halogens is 1. The Labute approximate surface area is 98.0 Å². The zero-order chi connectivity index (χ0) is 10.8. The molecule has 1 aromatic heterocycles. The van der Waals surface area contributed by atoms with Crippen molar-refractivity contribution in [3.8, 4) is 10.4 Å². The minimum Gasteiger partial charge on any atom is -0.392 e. The number of hydrogen-bond acceptors (Lipinski definition) is 2. The van der Waals surface area contributed by atoms with E-state index in [-0.39, 0.29) is 6.61 Å². The molecule has 0 bridgehead atoms. The van der Waals surface area contributed by atoms with Crippen molar-refractivity contribution in [3.05, 3.63) is 45.8 Å². The third kappa shape index (κ3) is 2.23. The largest absolute Gasteiger partial charge is 0.392 e. The molecule has 0 spiro atoms. The Morgan fingerprint density at radius 3 is 2.73 bits per heavy atom. The van der Waals surface area contributed by atoms with Crippen LogP contribution in [0.1, 0.15) is 11.1 Å². The van der Waals surface area contributed by atoms with Crippen molar-refractivity contribution in [3.63, 3.8) is 0 Å². The van der Waals surface area contributed by atoms with E-state index >= 15 is 0 Å². The van der Waals surface area contributed by atoms with Gasteiger partial charge in [-0.3, -0.25) is 0 Å². The number of aryl methyl sites for hydroxylation is 1. The van der Waals surface area contributed by atoms with Gasteiger partial charge in [-0.1, -0.05) is 17.7 Å². The quantitative estimate of drug-likeness (QED) is 0.842. The van der Waals surface area contributed by atoms with Crippen LogP contribution in [0.4, 0.5) is 0 Å². The fourth-order valence-electron chi connectivity index (χ4n) is 1.49. The third-order valence-corrected chi connectivity index (χ3v) is 3.55. The smallest absolute Gasteiger partial charge is 0.0688 e. The average molecular weight is 239 g/mol. The van der Waals surface area contributed by atoms with E-state index in [1.54, 1.807) is 17.4 Å². The molecule has 0 unspecified atom stereocenters. The van der Waals surface area contributed by atoms with Crippen molar-refractivity contribution >= 4 is 22.9 Å². The van der Waals surface area contributed by atoms with Crippen molar-refractivity contribution in [2.75, 3.05) is 0 Å². The number of hydrogen-bond donors (Lipinski definition) is 1. The fourth-order valence-corrected chi connectivity index (χ4v) is 2.61. The number of benzene rings is 1. The zero-order valence-corrected chi connectivity index (χ0v) is 9.90. The molecule has 2 aromatic rings. The van der Waals surface area contributed by atoms with Crippen LogP contribution in [0.3, 0.4) is 0 Å². The summed E-state index contributed by atoms with van der Waals surface area (Å²) in [5.74, 6) is 0. The molecule has 78 valence electrons. The fraction of sp³-hybridized carbons (Fsp3) is 0.167. The Hall–Kier alpha value is -0.830. The summed E-state index contributed by atoms with van der Waals surface area (Å²) < 4.78 is 0. The average Bonchev–Trinajstić information content (AvgIpc) is 2.65. The Morgan fingerprint density at radius 2 is 2.13 bits per heavy atom. The minimum atomic E-state index is 0.0451. The van der Waals surface area contributed by atoms with Crippen LogP contribution in [-0.4, -0.2) is 5.11 Å². The van der Waals surface area contributed by atoms with Crippen molar-refractivity contribution in [1.29, 1.82) is 0 Å². The summed E-state index contributed by atoms with van der Waals surface area (Å²) in [6.07, 6.45) is 0. The lowest BCUT2D eigenvalue weighted by atomic mass is 10.1. The summed E-state index contributed by atoms with van der Waals surface area (Å²) in [5, 5.41) is 12.0. The lowest BCUT2D eigenvalue weighted by Gasteiger charge is -2.05. The summed E-state index contributed by atoms with van der Waals surface area (Å²) in [5.41, 5.74) is 3.18. The Morgan fingerprint density at radius 1 is 1.33 bits per heavy atom. The number of rotatable bonds is 2. The Bertz CT molecular complexity index is 476. The number of thiophene rings is 1. The van der Waals surface area contributed by atoms with E-state index in [2.05, 4.69) is 18.4 Å². The van der Waals surface area contributed by atoms with Gasteiger partial charge >= 0.3 is 0 Å². The SMILES string of the molecule is Cc1csc(-c2cc(Cl)ccc2CO)c1. The molecule has 0 radical (unpaired) electrons. The van der Waals surface area contributed by atoms with E-state index < -0.39 is 0 Å². The van der Waals surface area contributed by atoms with Gasteiger partial charge < -0.3 is 5.11 Å². The van der Waals surface area contributed by atoms with Crippen LogP contribution in [0, 0.1) is 6.92 Å². The van der Waals surface area contributed by atoms with E-state index in [1.807, 2.05) is 12.1 Å². The molecule has 0 aliphatic heterocycles. The predicted octanol–water partition coefficient (Wildman–Crippen LogP) is 3.87. The first kappa shape index (κ1) is 10.7. The molecular weight excluding hydrogens is 228 g/mol. The van der Waals surface area contributed by atoms with Gasteiger partial charge in [-0.05, 0) is 47.2 Å². The molecule has 1 heterocycles. The first-order valence-electron chi connectivity index (χ1n) is 4.65. The molecule has 0 saturated carbocycles. The normalized spacial score (nSPS) is 10.6. The van der Waals surface area contributed by atoms with E-state index in [4.69, 9.17) is 11.6 Å². The molecular formula is C12H11ClOS. The summed E-state index contributed by atoms with van der Waals surface area (Å²) in [4.78, 5) is 1.15. The van der Waals surface area contributed by atoms with Gasteiger partial charge in [0.2, 0.25) is 0 Å². The standard InChI is InChI=1S/C12H11ClOS/c1-8-4-12(15-7-8)11-5-10(13)3-2-9(11)6-14/h2-5,7,14H,6H2,1H3. The first-order valence-corrected chi connectivity index (χ1v) is 5.91. The van der Waals surface area contributed by atoms with Crippen molar-refractivity contribution in [2.45, 2.75) is 13.5 Å². The lowest BCUT2D eigenvalue weighted by Crippen LogP contribution is -1.87. The Kier molecular flexibility index (Phi) is 3.10. The second-order valence-corrected chi connectivity index (χ2v) is 4.80. The molecule has 0 fully saturated rings. The van der Waals surface area contributed by atoms with Crippen molar-refractivity contribution < 1.29 is 5.11 Å². The summed E-state index contributed by atoms with van der Waals surface area (Å²) in [6.45, 7) is 2.10. The molecule has 3 heteroatoms. The number of aliphatic hydroxyl groups is 1. The monoisotopic (exact) mass is 238 g/mol. The molecule has 2 rings (SSSR count). The molecule has 1 aromatic carbocycles. The van der Waals surface area contributed by atoms with Gasteiger partial charge in [0.05, 0.1) is 6.61 Å². The van der Waals surface area contributed by atoms with Gasteiger partial charge in [-0.15, -0.1) is 11.3 Å². The summed E-state index contributed by atoms with van der Waals surface area (Å²) in [7, 11) is 0. The van der Waals surface area contributed by atoms with Gasteiger partial charge in [0.25, 0.3) is 0 Å². The Balaban J connectivity index is 2.55. The van der Waals surface area contributed by atoms with Crippen LogP contribution in [0.5, 0.6) is 0 Å². The topological polar surface area (TPSA) is 20.2 Å². The molecule has 0 amide bonds. The van der Waals surface area contributed by atoms with Gasteiger partial charge in [0.1, 0.15) is 0 Å². The second-order valence-electron chi connectivity index (χ2n) is 3.45. The molecule has 1 N–H and O–H groups in total. The highest BCUT2D eigenvalue weighted by atomic mass is 35.5. The maximum Gasteiger partial charge on any atom is 0.0688 e.